The van der Waals surface area contributed by atoms with Gasteiger partial charge in [-0.15, -0.1) is 0 Å². The molecule has 0 atom stereocenters. The summed E-state index contributed by atoms with van der Waals surface area (Å²) in [6.07, 6.45) is 1.83. The van der Waals surface area contributed by atoms with Gasteiger partial charge in [0.1, 0.15) is 0 Å². The van der Waals surface area contributed by atoms with Gasteiger partial charge in [-0.1, -0.05) is 0 Å². The summed E-state index contributed by atoms with van der Waals surface area (Å²) >= 11 is 0. The van der Waals surface area contributed by atoms with Gasteiger partial charge in [-0.3, -0.25) is 9.79 Å². The van der Waals surface area contributed by atoms with Gasteiger partial charge in [-0.05, 0) is 75.4 Å². The molecule has 0 bridgehead atoms. The Morgan fingerprint density at radius 3 is 2.33 bits per heavy atom. The lowest BCUT2D eigenvalue weighted by Gasteiger charge is -2.10. The molecule has 3 aromatic rings. The lowest BCUT2D eigenvalue weighted by Crippen LogP contribution is -2.05. The monoisotopic (exact) mass is 403 g/mol. The fourth-order valence-corrected chi connectivity index (χ4v) is 3.25. The average Bonchev–Trinajstić information content (AvgIpc) is 3.00. The molecule has 0 unspecified atom stereocenters. The van der Waals surface area contributed by atoms with Crippen molar-refractivity contribution in [2.24, 2.45) is 4.99 Å². The topological polar surface area (TPSA) is 72.7 Å². The first-order chi connectivity index (χ1) is 14.4. The van der Waals surface area contributed by atoms with E-state index < -0.39 is 0 Å². The lowest BCUT2D eigenvalue weighted by molar-refractivity contribution is -0.114. The Balaban J connectivity index is 1.81. The number of nitrogens with one attached hydrogen (secondary N) is 1. The van der Waals surface area contributed by atoms with Crippen molar-refractivity contribution in [3.05, 3.63) is 77.1 Å². The SMILES string of the molecule is CCOC(=O)c1ccc(-n2c(C)cc(C=Nc3ccc(NC(C)=O)cc3)c2C)cc1. The summed E-state index contributed by atoms with van der Waals surface area (Å²) in [6, 6.07) is 16.8. The van der Waals surface area contributed by atoms with E-state index in [1.54, 1.807) is 19.1 Å². The zero-order valence-electron chi connectivity index (χ0n) is 17.6. The molecule has 6 nitrogen and oxygen atoms in total. The Bertz CT molecular complexity index is 1080. The molecule has 6 heteroatoms. The molecule has 0 aliphatic heterocycles. The van der Waals surface area contributed by atoms with Gasteiger partial charge in [0.25, 0.3) is 0 Å². The fraction of sp³-hybridized carbons (Fsp3) is 0.208. The third-order valence-electron chi connectivity index (χ3n) is 4.65. The molecule has 0 aliphatic carbocycles. The second-order valence-corrected chi connectivity index (χ2v) is 6.92. The highest BCUT2D eigenvalue weighted by Crippen LogP contribution is 2.22. The number of anilines is 1. The number of rotatable bonds is 6. The summed E-state index contributed by atoms with van der Waals surface area (Å²) < 4.78 is 7.16. The van der Waals surface area contributed by atoms with Gasteiger partial charge < -0.3 is 14.6 Å². The summed E-state index contributed by atoms with van der Waals surface area (Å²) in [5.41, 5.74) is 6.17. The van der Waals surface area contributed by atoms with Crippen LogP contribution in [0.5, 0.6) is 0 Å². The number of aliphatic imine (C=N–C) groups is 1. The molecular weight excluding hydrogens is 378 g/mol. The second-order valence-electron chi connectivity index (χ2n) is 6.92. The highest BCUT2D eigenvalue weighted by molar-refractivity contribution is 5.90. The lowest BCUT2D eigenvalue weighted by atomic mass is 10.2. The van der Waals surface area contributed by atoms with Gasteiger partial charge in [0.2, 0.25) is 5.91 Å². The van der Waals surface area contributed by atoms with Crippen molar-refractivity contribution in [3.8, 4) is 5.69 Å². The van der Waals surface area contributed by atoms with Gasteiger partial charge in [-0.25, -0.2) is 4.79 Å². The van der Waals surface area contributed by atoms with E-state index in [2.05, 4.69) is 20.9 Å². The molecule has 1 N–H and O–H groups in total. The van der Waals surface area contributed by atoms with Crippen LogP contribution < -0.4 is 5.32 Å². The third kappa shape index (κ3) is 4.84. The van der Waals surface area contributed by atoms with Crippen LogP contribution in [0.15, 0.2) is 59.6 Å². The molecular formula is C24H25N3O3. The molecule has 0 spiro atoms. The van der Waals surface area contributed by atoms with Crippen molar-refractivity contribution in [2.75, 3.05) is 11.9 Å². The fourth-order valence-electron chi connectivity index (χ4n) is 3.25. The molecule has 1 amide bonds. The van der Waals surface area contributed by atoms with Crippen molar-refractivity contribution in [1.82, 2.24) is 4.57 Å². The standard InChI is InChI=1S/C24H25N3O3/c1-5-30-24(29)19-6-12-23(13-7-19)27-16(2)14-20(17(27)3)15-25-21-8-10-22(11-9-21)26-18(4)28/h6-15H,5H2,1-4H3,(H,26,28). The van der Waals surface area contributed by atoms with Crippen molar-refractivity contribution < 1.29 is 14.3 Å². The Labute approximate surface area is 176 Å². The summed E-state index contributed by atoms with van der Waals surface area (Å²) in [4.78, 5) is 27.5. The molecule has 3 rings (SSSR count). The highest BCUT2D eigenvalue weighted by atomic mass is 16.5. The maximum Gasteiger partial charge on any atom is 0.338 e. The van der Waals surface area contributed by atoms with Crippen LogP contribution in [0.3, 0.4) is 0 Å². The van der Waals surface area contributed by atoms with Crippen molar-refractivity contribution in [1.29, 1.82) is 0 Å². The van der Waals surface area contributed by atoms with Gasteiger partial charge in [0.05, 0.1) is 17.9 Å². The van der Waals surface area contributed by atoms with Crippen LogP contribution in [0.1, 0.15) is 41.2 Å². The molecule has 0 fully saturated rings. The van der Waals surface area contributed by atoms with E-state index in [9.17, 15) is 9.59 Å². The predicted molar refractivity (Wildman–Crippen MR) is 119 cm³/mol. The minimum Gasteiger partial charge on any atom is -0.462 e. The van der Waals surface area contributed by atoms with E-state index in [-0.39, 0.29) is 11.9 Å². The normalized spacial score (nSPS) is 10.9. The number of aryl methyl sites for hydroxylation is 1. The zero-order chi connectivity index (χ0) is 21.7. The van der Waals surface area contributed by atoms with Crippen LogP contribution in [0.2, 0.25) is 0 Å². The first-order valence-electron chi connectivity index (χ1n) is 9.77. The molecule has 30 heavy (non-hydrogen) atoms. The van der Waals surface area contributed by atoms with Crippen LogP contribution in [0.25, 0.3) is 5.69 Å². The number of nitrogens with zero attached hydrogens (tertiary/aromatic N) is 2. The number of carbonyl (C=O) groups is 2. The number of ether oxygens (including phenoxy) is 1. The van der Waals surface area contributed by atoms with E-state index in [1.807, 2.05) is 56.5 Å². The molecule has 2 aromatic carbocycles. The average molecular weight is 403 g/mol. The number of aromatic nitrogens is 1. The van der Waals surface area contributed by atoms with Gasteiger partial charge in [-0.2, -0.15) is 0 Å². The maximum atomic E-state index is 11.9. The Morgan fingerprint density at radius 2 is 1.73 bits per heavy atom. The van der Waals surface area contributed by atoms with Crippen LogP contribution >= 0.6 is 0 Å². The number of carbonyl (C=O) groups excluding carboxylic acids is 2. The van der Waals surface area contributed by atoms with Crippen LogP contribution in [-0.2, 0) is 9.53 Å². The van der Waals surface area contributed by atoms with Crippen molar-refractivity contribution in [2.45, 2.75) is 27.7 Å². The smallest absolute Gasteiger partial charge is 0.338 e. The molecule has 0 saturated heterocycles. The van der Waals surface area contributed by atoms with E-state index in [0.717, 1.165) is 34.0 Å². The summed E-state index contributed by atoms with van der Waals surface area (Å²) in [7, 11) is 0. The third-order valence-corrected chi connectivity index (χ3v) is 4.65. The quantitative estimate of drug-likeness (QED) is 0.466. The van der Waals surface area contributed by atoms with Crippen molar-refractivity contribution >= 4 is 29.5 Å². The molecule has 0 saturated carbocycles. The van der Waals surface area contributed by atoms with E-state index in [4.69, 9.17) is 4.74 Å². The van der Waals surface area contributed by atoms with Crippen LogP contribution in [0, 0.1) is 13.8 Å². The van der Waals surface area contributed by atoms with E-state index in [1.165, 1.54) is 6.92 Å². The van der Waals surface area contributed by atoms with Crippen LogP contribution in [-0.4, -0.2) is 29.3 Å². The van der Waals surface area contributed by atoms with Crippen molar-refractivity contribution in [3.63, 3.8) is 0 Å². The van der Waals surface area contributed by atoms with E-state index in [0.29, 0.717) is 12.2 Å². The molecule has 154 valence electrons. The summed E-state index contributed by atoms with van der Waals surface area (Å²) in [5, 5.41) is 2.74. The predicted octanol–water partition coefficient (Wildman–Crippen LogP) is 4.98. The molecule has 0 radical (unpaired) electrons. The number of benzene rings is 2. The minimum atomic E-state index is -0.317. The maximum absolute atomic E-state index is 11.9. The number of esters is 1. The molecule has 1 aromatic heterocycles. The summed E-state index contributed by atoms with van der Waals surface area (Å²) in [6.45, 7) is 7.69. The first kappa shape index (κ1) is 21.0. The Morgan fingerprint density at radius 1 is 1.07 bits per heavy atom. The number of hydrogen-bond acceptors (Lipinski definition) is 4. The largest absolute Gasteiger partial charge is 0.462 e. The Hall–Kier alpha value is -3.67. The van der Waals surface area contributed by atoms with Gasteiger partial charge >= 0.3 is 5.97 Å². The number of hydrogen-bond donors (Lipinski definition) is 1. The van der Waals surface area contributed by atoms with Gasteiger partial charge in [0.15, 0.2) is 0 Å². The zero-order valence-corrected chi connectivity index (χ0v) is 17.6. The first-order valence-corrected chi connectivity index (χ1v) is 9.77. The highest BCUT2D eigenvalue weighted by Gasteiger charge is 2.11. The molecule has 0 aliphatic rings. The van der Waals surface area contributed by atoms with E-state index >= 15 is 0 Å². The Kier molecular flexibility index (Phi) is 6.47. The minimum absolute atomic E-state index is 0.103. The number of amides is 1. The summed E-state index contributed by atoms with van der Waals surface area (Å²) in [5.74, 6) is -0.420. The second kappa shape index (κ2) is 9.22. The molecule has 1 heterocycles. The van der Waals surface area contributed by atoms with Gasteiger partial charge in [0, 0.05) is 41.5 Å². The van der Waals surface area contributed by atoms with Crippen LogP contribution in [0.4, 0.5) is 11.4 Å².